The van der Waals surface area contributed by atoms with Gasteiger partial charge in [-0.25, -0.2) is 4.98 Å². The Kier molecular flexibility index (Phi) is 2.75. The smallest absolute Gasteiger partial charge is 0.267 e. The van der Waals surface area contributed by atoms with Gasteiger partial charge in [-0.3, -0.25) is 4.79 Å². The second-order valence-electron chi connectivity index (χ2n) is 3.24. The highest BCUT2D eigenvalue weighted by Gasteiger charge is 2.11. The highest BCUT2D eigenvalue weighted by molar-refractivity contribution is 7.16. The molecule has 0 atom stereocenters. The molecule has 0 spiro atoms. The maximum Gasteiger partial charge on any atom is 0.278 e. The third-order valence-corrected chi connectivity index (χ3v) is 3.17. The first kappa shape index (κ1) is 10.6. The third-order valence-electron chi connectivity index (χ3n) is 2.16. The molecule has 0 radical (unpaired) electrons. The summed E-state index contributed by atoms with van der Waals surface area (Å²) >= 11 is 7.06. The molecular weight excluding hydrogens is 234 g/mol. The largest absolute Gasteiger partial charge is 0.278 e. The van der Waals surface area contributed by atoms with Crippen LogP contribution in [-0.4, -0.2) is 20.5 Å². The molecule has 4 nitrogen and oxygen atoms in total. The zero-order chi connectivity index (χ0) is 11.0. The molecule has 0 aliphatic carbocycles. The van der Waals surface area contributed by atoms with E-state index in [0.29, 0.717) is 22.8 Å². The lowest BCUT2D eigenvalue weighted by molar-refractivity contribution is 0.842. The molecule has 0 fully saturated rings. The molecule has 0 bridgehead atoms. The molecule has 80 valence electrons. The first-order valence-corrected chi connectivity index (χ1v) is 5.90. The van der Waals surface area contributed by atoms with E-state index in [1.165, 1.54) is 15.9 Å². The second kappa shape index (κ2) is 3.90. The van der Waals surface area contributed by atoms with Gasteiger partial charge in [-0.15, -0.1) is 11.6 Å². The van der Waals surface area contributed by atoms with Crippen LogP contribution >= 0.6 is 22.9 Å². The molecule has 0 saturated heterocycles. The van der Waals surface area contributed by atoms with Gasteiger partial charge in [0.05, 0.1) is 0 Å². The highest BCUT2D eigenvalue weighted by Crippen LogP contribution is 2.11. The predicted molar refractivity (Wildman–Crippen MR) is 61.0 cm³/mol. The van der Waals surface area contributed by atoms with E-state index in [2.05, 4.69) is 10.1 Å². The van der Waals surface area contributed by atoms with Crippen LogP contribution < -0.4 is 5.56 Å². The van der Waals surface area contributed by atoms with E-state index in [0.717, 1.165) is 10.7 Å². The molecule has 0 unspecified atom stereocenters. The fraction of sp³-hybridized carbons (Fsp3) is 0.444. The average Bonchev–Trinajstić information content (AvgIpc) is 2.53. The number of aromatic nitrogens is 3. The number of hydrogen-bond acceptors (Lipinski definition) is 4. The third kappa shape index (κ3) is 1.77. The Morgan fingerprint density at radius 1 is 1.47 bits per heavy atom. The zero-order valence-corrected chi connectivity index (χ0v) is 10.0. The van der Waals surface area contributed by atoms with Gasteiger partial charge < -0.3 is 0 Å². The van der Waals surface area contributed by atoms with E-state index in [1.807, 2.05) is 13.8 Å². The predicted octanol–water partition coefficient (Wildman–Crippen LogP) is 1.55. The van der Waals surface area contributed by atoms with Crippen molar-refractivity contribution in [3.8, 4) is 0 Å². The molecule has 0 saturated carbocycles. The molecule has 0 aliphatic rings. The van der Waals surface area contributed by atoms with Gasteiger partial charge >= 0.3 is 0 Å². The van der Waals surface area contributed by atoms with Crippen molar-refractivity contribution in [1.82, 2.24) is 14.6 Å². The summed E-state index contributed by atoms with van der Waals surface area (Å²) < 4.78 is 1.36. The highest BCUT2D eigenvalue weighted by atomic mass is 35.5. The van der Waals surface area contributed by atoms with Crippen LogP contribution in [0, 0.1) is 13.8 Å². The number of fused-ring (bicyclic) bond motifs is 1. The van der Waals surface area contributed by atoms with Crippen molar-refractivity contribution in [2.45, 2.75) is 20.3 Å². The molecular formula is C9H10ClN3OS. The van der Waals surface area contributed by atoms with Crippen LogP contribution in [0.15, 0.2) is 4.79 Å². The molecule has 0 amide bonds. The van der Waals surface area contributed by atoms with Crippen LogP contribution in [0.1, 0.15) is 16.3 Å². The van der Waals surface area contributed by atoms with Crippen molar-refractivity contribution in [3.63, 3.8) is 0 Å². The summed E-state index contributed by atoms with van der Waals surface area (Å²) in [6, 6.07) is 0. The van der Waals surface area contributed by atoms with Crippen molar-refractivity contribution >= 4 is 27.9 Å². The van der Waals surface area contributed by atoms with E-state index in [4.69, 9.17) is 11.6 Å². The summed E-state index contributed by atoms with van der Waals surface area (Å²) in [4.78, 5) is 16.9. The monoisotopic (exact) mass is 243 g/mol. The quantitative estimate of drug-likeness (QED) is 0.752. The first-order valence-electron chi connectivity index (χ1n) is 4.55. The van der Waals surface area contributed by atoms with Gasteiger partial charge in [0, 0.05) is 17.1 Å². The number of rotatable bonds is 2. The minimum absolute atomic E-state index is 0.0949. The van der Waals surface area contributed by atoms with Crippen molar-refractivity contribution < 1.29 is 0 Å². The topological polar surface area (TPSA) is 47.3 Å². The second-order valence-corrected chi connectivity index (χ2v) is 4.77. The summed E-state index contributed by atoms with van der Waals surface area (Å²) in [5.74, 6) is 0.424. The fourth-order valence-electron chi connectivity index (χ4n) is 1.46. The Labute approximate surface area is 95.5 Å². The lowest BCUT2D eigenvalue weighted by Crippen LogP contribution is -2.22. The summed E-state index contributed by atoms with van der Waals surface area (Å²) in [7, 11) is 0. The maximum atomic E-state index is 12.0. The zero-order valence-electron chi connectivity index (χ0n) is 8.45. The lowest BCUT2D eigenvalue weighted by atomic mass is 10.2. The van der Waals surface area contributed by atoms with Crippen LogP contribution in [-0.2, 0) is 6.42 Å². The fourth-order valence-corrected chi connectivity index (χ4v) is 2.43. The molecule has 6 heteroatoms. The summed E-state index contributed by atoms with van der Waals surface area (Å²) in [6.45, 7) is 3.69. The first-order chi connectivity index (χ1) is 7.13. The Balaban J connectivity index is 2.77. The molecule has 2 heterocycles. The average molecular weight is 244 g/mol. The van der Waals surface area contributed by atoms with Crippen molar-refractivity contribution in [2.75, 3.05) is 5.88 Å². The minimum atomic E-state index is -0.0949. The Hall–Kier alpha value is -0.940. The SMILES string of the molecule is Cc1nn2c(=O)c(CCCl)c(C)nc2s1. The van der Waals surface area contributed by atoms with Gasteiger partial charge in [-0.1, -0.05) is 11.3 Å². The van der Waals surface area contributed by atoms with Crippen LogP contribution in [0.3, 0.4) is 0 Å². The van der Waals surface area contributed by atoms with Crippen LogP contribution in [0.25, 0.3) is 4.96 Å². The van der Waals surface area contributed by atoms with E-state index >= 15 is 0 Å². The Morgan fingerprint density at radius 3 is 2.87 bits per heavy atom. The summed E-state index contributed by atoms with van der Waals surface area (Å²) in [5, 5.41) is 4.95. The van der Waals surface area contributed by atoms with E-state index < -0.39 is 0 Å². The van der Waals surface area contributed by atoms with Gasteiger partial charge in [0.1, 0.15) is 5.01 Å². The van der Waals surface area contributed by atoms with Crippen molar-refractivity contribution in [2.24, 2.45) is 0 Å². The van der Waals surface area contributed by atoms with Crippen molar-refractivity contribution in [3.05, 3.63) is 26.6 Å². The van der Waals surface area contributed by atoms with Gasteiger partial charge in [0.15, 0.2) is 0 Å². The Morgan fingerprint density at radius 2 is 2.20 bits per heavy atom. The van der Waals surface area contributed by atoms with E-state index in [9.17, 15) is 4.79 Å². The summed E-state index contributed by atoms with van der Waals surface area (Å²) in [5.41, 5.74) is 1.32. The molecule has 2 aromatic rings. The van der Waals surface area contributed by atoms with Crippen LogP contribution in [0.5, 0.6) is 0 Å². The van der Waals surface area contributed by atoms with Gasteiger partial charge in [0.2, 0.25) is 4.96 Å². The van der Waals surface area contributed by atoms with E-state index in [1.54, 1.807) is 0 Å². The Bertz CT molecular complexity index is 560. The molecule has 0 N–H and O–H groups in total. The number of aryl methyl sites for hydroxylation is 2. The molecule has 0 aliphatic heterocycles. The number of alkyl halides is 1. The lowest BCUT2D eigenvalue weighted by Gasteiger charge is -2.01. The van der Waals surface area contributed by atoms with Crippen LogP contribution in [0.2, 0.25) is 0 Å². The number of hydrogen-bond donors (Lipinski definition) is 0. The van der Waals surface area contributed by atoms with Crippen molar-refractivity contribution in [1.29, 1.82) is 0 Å². The van der Waals surface area contributed by atoms with Gasteiger partial charge in [0.25, 0.3) is 5.56 Å². The maximum absolute atomic E-state index is 12.0. The molecule has 2 rings (SSSR count). The van der Waals surface area contributed by atoms with Crippen LogP contribution in [0.4, 0.5) is 0 Å². The summed E-state index contributed by atoms with van der Waals surface area (Å²) in [6.07, 6.45) is 0.540. The number of halogens is 1. The number of nitrogens with zero attached hydrogens (tertiary/aromatic N) is 3. The standard InChI is InChI=1S/C9H10ClN3OS/c1-5-7(3-4-10)8(14)13-9(11-5)15-6(2)12-13/h3-4H2,1-2H3. The molecule has 0 aromatic carbocycles. The minimum Gasteiger partial charge on any atom is -0.267 e. The molecule has 15 heavy (non-hydrogen) atoms. The van der Waals surface area contributed by atoms with Gasteiger partial charge in [-0.05, 0) is 20.3 Å². The van der Waals surface area contributed by atoms with Gasteiger partial charge in [-0.2, -0.15) is 9.61 Å². The normalized spacial score (nSPS) is 11.1. The van der Waals surface area contributed by atoms with E-state index in [-0.39, 0.29) is 5.56 Å². The molecule has 2 aromatic heterocycles.